The third-order valence-electron chi connectivity index (χ3n) is 4.15. The van der Waals surface area contributed by atoms with Crippen LogP contribution in [0.5, 0.6) is 0 Å². The SMILES string of the molecule is CN(CC(=O)O)C1CCCN(C(=O)c2cc(Cl)ccc2Cl)CC1. The van der Waals surface area contributed by atoms with E-state index in [0.29, 0.717) is 28.7 Å². The summed E-state index contributed by atoms with van der Waals surface area (Å²) in [7, 11) is 1.81. The molecule has 1 aliphatic heterocycles. The van der Waals surface area contributed by atoms with Crippen molar-refractivity contribution in [3.8, 4) is 0 Å². The van der Waals surface area contributed by atoms with E-state index in [0.717, 1.165) is 19.3 Å². The number of benzene rings is 1. The van der Waals surface area contributed by atoms with Gasteiger partial charge < -0.3 is 10.0 Å². The number of aliphatic carboxylic acids is 1. The topological polar surface area (TPSA) is 60.9 Å². The Hall–Kier alpha value is -1.30. The maximum atomic E-state index is 12.7. The van der Waals surface area contributed by atoms with E-state index < -0.39 is 5.97 Å². The number of carbonyl (C=O) groups excluding carboxylic acids is 1. The molecule has 1 aliphatic rings. The van der Waals surface area contributed by atoms with Crippen LogP contribution < -0.4 is 0 Å². The molecule has 126 valence electrons. The predicted octanol–water partition coefficient (Wildman–Crippen LogP) is 3.00. The van der Waals surface area contributed by atoms with Crippen molar-refractivity contribution >= 4 is 35.1 Å². The van der Waals surface area contributed by atoms with Gasteiger partial charge in [-0.1, -0.05) is 23.2 Å². The van der Waals surface area contributed by atoms with E-state index in [1.807, 2.05) is 11.9 Å². The average molecular weight is 359 g/mol. The Kier molecular flexibility index (Phi) is 6.27. The van der Waals surface area contributed by atoms with Crippen LogP contribution in [0.4, 0.5) is 0 Å². The Bertz CT molecular complexity index is 595. The number of carboxylic acid groups (broad SMARTS) is 1. The molecule has 1 aromatic rings. The van der Waals surface area contributed by atoms with Crippen LogP contribution in [0.3, 0.4) is 0 Å². The maximum absolute atomic E-state index is 12.7. The highest BCUT2D eigenvalue weighted by Gasteiger charge is 2.25. The number of amides is 1. The standard InChI is InChI=1S/C16H20Cl2N2O3/c1-19(10-15(21)22)12-3-2-7-20(8-6-12)16(23)13-9-11(17)4-5-14(13)18/h4-5,9,12H,2-3,6-8,10H2,1H3,(H,21,22). The highest BCUT2D eigenvalue weighted by molar-refractivity contribution is 6.35. The van der Waals surface area contributed by atoms with Crippen molar-refractivity contribution in [2.24, 2.45) is 0 Å². The molecular formula is C16H20Cl2N2O3. The number of halogens is 2. The van der Waals surface area contributed by atoms with E-state index in [9.17, 15) is 9.59 Å². The summed E-state index contributed by atoms with van der Waals surface area (Å²) >= 11 is 12.1. The molecule has 2 rings (SSSR count). The Balaban J connectivity index is 2.04. The predicted molar refractivity (Wildman–Crippen MR) is 90.3 cm³/mol. The van der Waals surface area contributed by atoms with Gasteiger partial charge in [-0.15, -0.1) is 0 Å². The second-order valence-electron chi connectivity index (χ2n) is 5.81. The lowest BCUT2D eigenvalue weighted by Gasteiger charge is -2.25. The fourth-order valence-corrected chi connectivity index (χ4v) is 3.27. The van der Waals surface area contributed by atoms with Gasteiger partial charge in [0, 0.05) is 24.2 Å². The third-order valence-corrected chi connectivity index (χ3v) is 4.72. The Morgan fingerprint density at radius 3 is 2.74 bits per heavy atom. The first-order valence-corrected chi connectivity index (χ1v) is 8.30. The zero-order valence-electron chi connectivity index (χ0n) is 13.0. The summed E-state index contributed by atoms with van der Waals surface area (Å²) < 4.78 is 0. The Labute approximate surface area is 145 Å². The molecule has 5 nitrogen and oxygen atoms in total. The zero-order chi connectivity index (χ0) is 17.0. The molecule has 0 radical (unpaired) electrons. The Morgan fingerprint density at radius 1 is 1.30 bits per heavy atom. The molecule has 1 saturated heterocycles. The van der Waals surface area contributed by atoms with Crippen molar-refractivity contribution in [2.75, 3.05) is 26.7 Å². The first-order valence-electron chi connectivity index (χ1n) is 7.55. The van der Waals surface area contributed by atoms with Crippen molar-refractivity contribution in [2.45, 2.75) is 25.3 Å². The quantitative estimate of drug-likeness (QED) is 0.898. The lowest BCUT2D eigenvalue weighted by atomic mass is 10.1. The first-order chi connectivity index (χ1) is 10.9. The highest BCUT2D eigenvalue weighted by Crippen LogP contribution is 2.24. The molecule has 23 heavy (non-hydrogen) atoms. The summed E-state index contributed by atoms with van der Waals surface area (Å²) in [5, 5.41) is 9.77. The van der Waals surface area contributed by atoms with E-state index in [1.54, 1.807) is 23.1 Å². The first kappa shape index (κ1) is 18.0. The number of carboxylic acids is 1. The molecule has 0 aliphatic carbocycles. The van der Waals surface area contributed by atoms with Crippen molar-refractivity contribution in [1.82, 2.24) is 9.80 Å². The molecule has 1 aromatic carbocycles. The number of hydrogen-bond donors (Lipinski definition) is 1. The summed E-state index contributed by atoms with van der Waals surface area (Å²) in [4.78, 5) is 27.1. The maximum Gasteiger partial charge on any atom is 0.317 e. The second kappa shape index (κ2) is 7.99. The minimum absolute atomic E-state index is 0.0126. The highest BCUT2D eigenvalue weighted by atomic mass is 35.5. The van der Waals surface area contributed by atoms with Crippen LogP contribution in [0.25, 0.3) is 0 Å². The van der Waals surface area contributed by atoms with Gasteiger partial charge in [0.2, 0.25) is 0 Å². The Morgan fingerprint density at radius 2 is 2.04 bits per heavy atom. The molecule has 1 heterocycles. The van der Waals surface area contributed by atoms with E-state index >= 15 is 0 Å². The molecular weight excluding hydrogens is 339 g/mol. The zero-order valence-corrected chi connectivity index (χ0v) is 14.5. The largest absolute Gasteiger partial charge is 0.480 e. The lowest BCUT2D eigenvalue weighted by molar-refractivity contribution is -0.138. The number of likely N-dealkylation sites (tertiary alicyclic amines) is 1. The summed E-state index contributed by atoms with van der Waals surface area (Å²) in [6, 6.07) is 5.03. The molecule has 1 atom stereocenters. The molecule has 0 aromatic heterocycles. The van der Waals surface area contributed by atoms with Crippen molar-refractivity contribution < 1.29 is 14.7 Å². The lowest BCUT2D eigenvalue weighted by Crippen LogP contribution is -2.37. The molecule has 7 heteroatoms. The van der Waals surface area contributed by atoms with Crippen LogP contribution in [-0.4, -0.2) is 59.5 Å². The van der Waals surface area contributed by atoms with Gasteiger partial charge in [0.15, 0.2) is 0 Å². The van der Waals surface area contributed by atoms with Crippen LogP contribution in [0.15, 0.2) is 18.2 Å². The van der Waals surface area contributed by atoms with Gasteiger partial charge in [-0.05, 0) is 44.5 Å². The van der Waals surface area contributed by atoms with Crippen LogP contribution in [-0.2, 0) is 4.79 Å². The number of hydrogen-bond acceptors (Lipinski definition) is 3. The fourth-order valence-electron chi connectivity index (χ4n) is 2.90. The molecule has 1 N–H and O–H groups in total. The van der Waals surface area contributed by atoms with Gasteiger partial charge in [-0.3, -0.25) is 14.5 Å². The van der Waals surface area contributed by atoms with Gasteiger partial charge in [0.1, 0.15) is 0 Å². The molecule has 0 saturated carbocycles. The van der Waals surface area contributed by atoms with Crippen LogP contribution in [0.2, 0.25) is 10.0 Å². The fraction of sp³-hybridized carbons (Fsp3) is 0.500. The van der Waals surface area contributed by atoms with Crippen molar-refractivity contribution in [3.05, 3.63) is 33.8 Å². The number of rotatable bonds is 4. The van der Waals surface area contributed by atoms with Gasteiger partial charge in [0.05, 0.1) is 17.1 Å². The summed E-state index contributed by atoms with van der Waals surface area (Å²) in [5.74, 6) is -0.963. The van der Waals surface area contributed by atoms with Crippen molar-refractivity contribution in [1.29, 1.82) is 0 Å². The van der Waals surface area contributed by atoms with E-state index in [2.05, 4.69) is 0 Å². The second-order valence-corrected chi connectivity index (χ2v) is 6.65. The van der Waals surface area contributed by atoms with Gasteiger partial charge in [-0.2, -0.15) is 0 Å². The molecule has 1 amide bonds. The van der Waals surface area contributed by atoms with E-state index in [1.165, 1.54) is 0 Å². The number of carbonyl (C=O) groups is 2. The summed E-state index contributed by atoms with van der Waals surface area (Å²) in [6.45, 7) is 1.23. The average Bonchev–Trinajstić information content (AvgIpc) is 2.74. The van der Waals surface area contributed by atoms with Crippen LogP contribution in [0.1, 0.15) is 29.6 Å². The number of nitrogens with zero attached hydrogens (tertiary/aromatic N) is 2. The summed E-state index contributed by atoms with van der Waals surface area (Å²) in [6.07, 6.45) is 2.45. The third kappa shape index (κ3) is 4.83. The van der Waals surface area contributed by atoms with E-state index in [-0.39, 0.29) is 18.5 Å². The molecule has 0 spiro atoms. The smallest absolute Gasteiger partial charge is 0.317 e. The minimum Gasteiger partial charge on any atom is -0.480 e. The van der Waals surface area contributed by atoms with Crippen LogP contribution >= 0.6 is 23.2 Å². The van der Waals surface area contributed by atoms with Gasteiger partial charge in [-0.25, -0.2) is 0 Å². The normalized spacial score (nSPS) is 18.8. The van der Waals surface area contributed by atoms with Crippen LogP contribution in [0, 0.1) is 0 Å². The van der Waals surface area contributed by atoms with E-state index in [4.69, 9.17) is 28.3 Å². The monoisotopic (exact) mass is 358 g/mol. The van der Waals surface area contributed by atoms with Gasteiger partial charge in [0.25, 0.3) is 5.91 Å². The minimum atomic E-state index is -0.838. The van der Waals surface area contributed by atoms with Gasteiger partial charge >= 0.3 is 5.97 Å². The molecule has 1 unspecified atom stereocenters. The molecule has 1 fully saturated rings. The van der Waals surface area contributed by atoms with Crippen molar-refractivity contribution in [3.63, 3.8) is 0 Å². The number of likely N-dealkylation sites (N-methyl/N-ethyl adjacent to an activating group) is 1. The molecule has 0 bridgehead atoms. The summed E-state index contributed by atoms with van der Waals surface area (Å²) in [5.41, 5.74) is 0.413.